The van der Waals surface area contributed by atoms with Gasteiger partial charge >= 0.3 is 6.01 Å². The van der Waals surface area contributed by atoms with Crippen LogP contribution in [0.25, 0.3) is 11.7 Å². The molecule has 0 aliphatic heterocycles. The molecule has 2 heterocycles. The number of aromatic nitrogens is 2. The Kier molecular flexibility index (Phi) is 4.93. The Morgan fingerprint density at radius 1 is 1.29 bits per heavy atom. The number of carbonyl (C=O) groups excluding carboxylic acids is 1. The summed E-state index contributed by atoms with van der Waals surface area (Å²) in [5.74, 6) is 0.352. The summed E-state index contributed by atoms with van der Waals surface area (Å²) in [7, 11) is 0. The lowest BCUT2D eigenvalue weighted by molar-refractivity contribution is -0.115. The van der Waals surface area contributed by atoms with Crippen LogP contribution in [0.1, 0.15) is 18.5 Å². The van der Waals surface area contributed by atoms with E-state index in [2.05, 4.69) is 20.8 Å². The van der Waals surface area contributed by atoms with E-state index in [1.165, 1.54) is 6.26 Å². The molecule has 0 spiro atoms. The summed E-state index contributed by atoms with van der Waals surface area (Å²) in [6.45, 7) is 2.03. The number of furan rings is 1. The van der Waals surface area contributed by atoms with Crippen molar-refractivity contribution in [3.63, 3.8) is 0 Å². The van der Waals surface area contributed by atoms with Gasteiger partial charge in [-0.2, -0.15) is 0 Å². The molecule has 1 atom stereocenters. The normalized spacial score (nSPS) is 12.1. The summed E-state index contributed by atoms with van der Waals surface area (Å²) in [5.41, 5.74) is 0.994. The van der Waals surface area contributed by atoms with Gasteiger partial charge in [-0.1, -0.05) is 28.8 Å². The summed E-state index contributed by atoms with van der Waals surface area (Å²) in [6, 6.07) is 10.8. The largest absolute Gasteiger partial charge is 0.459 e. The van der Waals surface area contributed by atoms with Crippen molar-refractivity contribution in [2.45, 2.75) is 13.0 Å². The van der Waals surface area contributed by atoms with Gasteiger partial charge in [0.2, 0.25) is 5.91 Å². The van der Waals surface area contributed by atoms with Crippen molar-refractivity contribution in [3.8, 4) is 11.7 Å². The SMILES string of the molecule is C[C@@H](NCC(=O)Nc1nnc(-c2ccco2)o1)c1cccc(Cl)c1. The molecule has 124 valence electrons. The third-order valence-electron chi connectivity index (χ3n) is 3.32. The fourth-order valence-electron chi connectivity index (χ4n) is 2.08. The topological polar surface area (TPSA) is 93.2 Å². The van der Waals surface area contributed by atoms with Gasteiger partial charge in [0.1, 0.15) is 0 Å². The molecular formula is C16H15ClN4O3. The zero-order chi connectivity index (χ0) is 16.9. The van der Waals surface area contributed by atoms with E-state index >= 15 is 0 Å². The van der Waals surface area contributed by atoms with Gasteiger partial charge in [-0.05, 0) is 36.8 Å². The van der Waals surface area contributed by atoms with E-state index in [-0.39, 0.29) is 30.4 Å². The van der Waals surface area contributed by atoms with Crippen molar-refractivity contribution in [2.75, 3.05) is 11.9 Å². The van der Waals surface area contributed by atoms with Crippen LogP contribution in [0.3, 0.4) is 0 Å². The molecule has 1 amide bonds. The van der Waals surface area contributed by atoms with E-state index in [1.54, 1.807) is 18.2 Å². The summed E-state index contributed by atoms with van der Waals surface area (Å²) in [4.78, 5) is 12.0. The number of amides is 1. The van der Waals surface area contributed by atoms with Gasteiger partial charge in [-0.25, -0.2) is 0 Å². The molecule has 2 N–H and O–H groups in total. The van der Waals surface area contributed by atoms with E-state index < -0.39 is 0 Å². The number of rotatable bonds is 6. The Balaban J connectivity index is 1.52. The predicted octanol–water partition coefficient (Wildman–Crippen LogP) is 3.27. The zero-order valence-electron chi connectivity index (χ0n) is 12.8. The minimum absolute atomic E-state index is 0.0172. The number of anilines is 1. The first-order valence-electron chi connectivity index (χ1n) is 7.28. The summed E-state index contributed by atoms with van der Waals surface area (Å²) in [5, 5.41) is 13.8. The van der Waals surface area contributed by atoms with Crippen LogP contribution in [-0.4, -0.2) is 22.6 Å². The smallest absolute Gasteiger partial charge is 0.322 e. The lowest BCUT2D eigenvalue weighted by atomic mass is 10.1. The van der Waals surface area contributed by atoms with Gasteiger partial charge in [0.15, 0.2) is 5.76 Å². The molecule has 3 aromatic rings. The van der Waals surface area contributed by atoms with Crippen molar-refractivity contribution in [3.05, 3.63) is 53.2 Å². The van der Waals surface area contributed by atoms with Crippen LogP contribution in [0.5, 0.6) is 0 Å². The maximum absolute atomic E-state index is 12.0. The quantitative estimate of drug-likeness (QED) is 0.711. The van der Waals surface area contributed by atoms with Crippen LogP contribution in [0.4, 0.5) is 6.01 Å². The molecule has 0 unspecified atom stereocenters. The maximum Gasteiger partial charge on any atom is 0.322 e. The molecule has 0 saturated carbocycles. The fraction of sp³-hybridized carbons (Fsp3) is 0.188. The monoisotopic (exact) mass is 346 g/mol. The summed E-state index contributed by atoms with van der Waals surface area (Å²) < 4.78 is 10.5. The van der Waals surface area contributed by atoms with Gasteiger partial charge in [-0.15, -0.1) is 5.10 Å². The third-order valence-corrected chi connectivity index (χ3v) is 3.56. The first-order chi connectivity index (χ1) is 11.6. The Morgan fingerprint density at radius 3 is 2.92 bits per heavy atom. The molecule has 1 aromatic carbocycles. The highest BCUT2D eigenvalue weighted by Gasteiger charge is 2.14. The molecule has 2 aromatic heterocycles. The average molecular weight is 347 g/mol. The third kappa shape index (κ3) is 4.01. The lowest BCUT2D eigenvalue weighted by Crippen LogP contribution is -2.30. The van der Waals surface area contributed by atoms with Crippen molar-refractivity contribution in [1.82, 2.24) is 15.5 Å². The number of benzene rings is 1. The Hall–Kier alpha value is -2.64. The van der Waals surface area contributed by atoms with E-state index in [4.69, 9.17) is 20.4 Å². The molecular weight excluding hydrogens is 332 g/mol. The van der Waals surface area contributed by atoms with E-state index in [1.807, 2.05) is 25.1 Å². The highest BCUT2D eigenvalue weighted by atomic mass is 35.5. The molecule has 7 nitrogen and oxygen atoms in total. The standard InChI is InChI=1S/C16H15ClN4O3/c1-10(11-4-2-5-12(17)8-11)18-9-14(22)19-16-21-20-15(24-16)13-6-3-7-23-13/h2-8,10,18H,9H2,1H3,(H,19,21,22)/t10-/m1/s1. The van der Waals surface area contributed by atoms with E-state index in [9.17, 15) is 4.79 Å². The van der Waals surface area contributed by atoms with Crippen LogP contribution in [0, 0.1) is 0 Å². The summed E-state index contributed by atoms with van der Waals surface area (Å²) in [6.07, 6.45) is 1.50. The van der Waals surface area contributed by atoms with Gasteiger partial charge in [0.25, 0.3) is 5.89 Å². The molecule has 3 rings (SSSR count). The van der Waals surface area contributed by atoms with Crippen LogP contribution >= 0.6 is 11.6 Å². The van der Waals surface area contributed by atoms with Crippen LogP contribution < -0.4 is 10.6 Å². The fourth-order valence-corrected chi connectivity index (χ4v) is 2.28. The molecule has 0 aliphatic rings. The second kappa shape index (κ2) is 7.29. The van der Waals surface area contributed by atoms with Crippen molar-refractivity contribution >= 4 is 23.5 Å². The minimum Gasteiger partial charge on any atom is -0.459 e. The van der Waals surface area contributed by atoms with Crippen LogP contribution in [0.2, 0.25) is 5.02 Å². The lowest BCUT2D eigenvalue weighted by Gasteiger charge is -2.13. The Labute approximate surface area is 143 Å². The highest BCUT2D eigenvalue weighted by molar-refractivity contribution is 6.30. The van der Waals surface area contributed by atoms with E-state index in [0.29, 0.717) is 10.8 Å². The number of carbonyl (C=O) groups is 1. The first kappa shape index (κ1) is 16.2. The number of halogens is 1. The Bertz CT molecular complexity index is 816. The van der Waals surface area contributed by atoms with Gasteiger partial charge in [0, 0.05) is 11.1 Å². The predicted molar refractivity (Wildman–Crippen MR) is 88.5 cm³/mol. The number of nitrogens with one attached hydrogen (secondary N) is 2. The first-order valence-corrected chi connectivity index (χ1v) is 7.65. The highest BCUT2D eigenvalue weighted by Crippen LogP contribution is 2.20. The van der Waals surface area contributed by atoms with Gasteiger partial charge in [0.05, 0.1) is 12.8 Å². The van der Waals surface area contributed by atoms with Gasteiger partial charge in [-0.3, -0.25) is 10.1 Å². The maximum atomic E-state index is 12.0. The van der Waals surface area contributed by atoms with Gasteiger partial charge < -0.3 is 14.2 Å². The second-order valence-corrected chi connectivity index (χ2v) is 5.53. The number of hydrogen-bond acceptors (Lipinski definition) is 6. The minimum atomic E-state index is -0.293. The van der Waals surface area contributed by atoms with Crippen LogP contribution in [0.15, 0.2) is 51.5 Å². The molecule has 0 radical (unpaired) electrons. The summed E-state index contributed by atoms with van der Waals surface area (Å²) >= 11 is 5.96. The number of hydrogen-bond donors (Lipinski definition) is 2. The molecule has 8 heteroatoms. The van der Waals surface area contributed by atoms with Crippen molar-refractivity contribution in [1.29, 1.82) is 0 Å². The van der Waals surface area contributed by atoms with Crippen LogP contribution in [-0.2, 0) is 4.79 Å². The Morgan fingerprint density at radius 2 is 2.17 bits per heavy atom. The van der Waals surface area contributed by atoms with E-state index in [0.717, 1.165) is 5.56 Å². The molecule has 0 bridgehead atoms. The number of nitrogens with zero attached hydrogens (tertiary/aromatic N) is 2. The van der Waals surface area contributed by atoms with Crippen molar-refractivity contribution < 1.29 is 13.6 Å². The molecule has 0 aliphatic carbocycles. The zero-order valence-corrected chi connectivity index (χ0v) is 13.6. The molecule has 24 heavy (non-hydrogen) atoms. The average Bonchev–Trinajstić information content (AvgIpc) is 3.23. The van der Waals surface area contributed by atoms with Crippen molar-refractivity contribution in [2.24, 2.45) is 0 Å². The molecule has 0 saturated heterocycles. The second-order valence-electron chi connectivity index (χ2n) is 5.10. The molecule has 0 fully saturated rings.